The molecule has 0 saturated carbocycles. The van der Waals surface area contributed by atoms with E-state index in [1.165, 1.54) is 45.0 Å². The first-order valence-electron chi connectivity index (χ1n) is 35.9. The van der Waals surface area contributed by atoms with Crippen LogP contribution >= 0.6 is 0 Å². The van der Waals surface area contributed by atoms with E-state index >= 15 is 0 Å². The summed E-state index contributed by atoms with van der Waals surface area (Å²) in [6, 6.07) is 58.9. The third-order valence-corrected chi connectivity index (χ3v) is 14.4. The van der Waals surface area contributed by atoms with Crippen LogP contribution in [-0.4, -0.2) is 89.8 Å². The Morgan fingerprint density at radius 2 is 0.768 bits per heavy atom. The van der Waals surface area contributed by atoms with Crippen molar-refractivity contribution in [2.45, 2.75) is 165 Å². The van der Waals surface area contributed by atoms with Gasteiger partial charge in [-0.3, -0.25) is 29.9 Å². The van der Waals surface area contributed by atoms with E-state index in [0.717, 1.165) is 87.0 Å². The van der Waals surface area contributed by atoms with Gasteiger partial charge in [-0.15, -0.1) is 0 Å². The van der Waals surface area contributed by atoms with E-state index in [0.29, 0.717) is 6.04 Å². The Morgan fingerprint density at radius 1 is 0.404 bits per heavy atom. The molecule has 0 atom stereocenters. The molecule has 2 aliphatic carbocycles. The number of aliphatic imine (C=N–C) groups is 5. The number of para-hydroxylation sites is 3. The Bertz CT molecular complexity index is 3460. The van der Waals surface area contributed by atoms with Crippen LogP contribution in [0.15, 0.2) is 266 Å². The highest BCUT2D eigenvalue weighted by atomic mass is 15.1. The molecule has 0 spiro atoms. The fourth-order valence-electron chi connectivity index (χ4n) is 9.68. The Balaban J connectivity index is 0. The predicted molar refractivity (Wildman–Crippen MR) is 452 cm³/mol. The monoisotopic (exact) mass is 1340 g/mol. The molecule has 0 N–H and O–H groups in total. The molecule has 7 aromatic rings. The van der Waals surface area contributed by atoms with Crippen molar-refractivity contribution in [1.29, 1.82) is 0 Å². The van der Waals surface area contributed by atoms with Crippen LogP contribution in [0.2, 0.25) is 0 Å². The van der Waals surface area contributed by atoms with Crippen LogP contribution in [0, 0.1) is 0 Å². The zero-order valence-electron chi connectivity index (χ0n) is 64.2. The highest BCUT2D eigenvalue weighted by Gasteiger charge is 2.23. The van der Waals surface area contributed by atoms with Crippen molar-refractivity contribution in [3.05, 3.63) is 280 Å². The molecular formula is C90H129N9. The molecule has 534 valence electrons. The van der Waals surface area contributed by atoms with Crippen molar-refractivity contribution in [2.24, 2.45) is 25.0 Å². The molecule has 0 saturated heterocycles. The Kier molecular flexibility index (Phi) is 49.8. The van der Waals surface area contributed by atoms with E-state index in [1.807, 2.05) is 208 Å². The molecule has 0 aromatic heterocycles. The molecular weight excluding hydrogens is 1210 g/mol. The molecule has 0 fully saturated rings. The van der Waals surface area contributed by atoms with Gasteiger partial charge in [0.05, 0.1) is 39.9 Å². The first-order valence-corrected chi connectivity index (χ1v) is 35.9. The molecule has 0 bridgehead atoms. The highest BCUT2D eigenvalue weighted by molar-refractivity contribution is 6.08. The summed E-state index contributed by atoms with van der Waals surface area (Å²) in [6.07, 6.45) is 25.7. The summed E-state index contributed by atoms with van der Waals surface area (Å²) in [6.45, 7) is 36.0. The first kappa shape index (κ1) is 91.7. The minimum absolute atomic E-state index is 0. The van der Waals surface area contributed by atoms with E-state index in [9.17, 15) is 0 Å². The van der Waals surface area contributed by atoms with Crippen molar-refractivity contribution in [1.82, 2.24) is 4.90 Å². The van der Waals surface area contributed by atoms with Crippen LogP contribution in [0.4, 0.5) is 39.8 Å². The summed E-state index contributed by atoms with van der Waals surface area (Å²) < 4.78 is 0. The van der Waals surface area contributed by atoms with Gasteiger partial charge in [0.25, 0.3) is 0 Å². The standard InChI is InChI=1S/C24H25N3.2C23H21N3.9C2H6.2CH4/c1-26(2)22-14-8-18(9-15-22)17-25-21-12-10-19(11-13-21)24-16-20-6-4-5-7-23(20)27(24)3;2*1-26(2)21-13-7-17(8-14-21)16-24-20-11-9-18(10-12-20)23-15-19-5-3-4-6-22(19)25-23;9*1-2;;/h4-15,17,22H,16H2,1-3H3;2*3-14,16H,15H2,1-2H3;9*1-2H3;2*1H4. The molecule has 0 radical (unpaired) electrons. The van der Waals surface area contributed by atoms with E-state index < -0.39 is 0 Å². The topological polar surface area (TPSA) is 74.8 Å². The van der Waals surface area contributed by atoms with Crippen molar-refractivity contribution >= 4 is 69.4 Å². The maximum Gasteiger partial charge on any atom is 0.0669 e. The second-order valence-electron chi connectivity index (χ2n) is 20.6. The van der Waals surface area contributed by atoms with Crippen LogP contribution in [0.25, 0.3) is 0 Å². The maximum atomic E-state index is 4.74. The third-order valence-electron chi connectivity index (χ3n) is 14.4. The minimum atomic E-state index is 0. The van der Waals surface area contributed by atoms with Gasteiger partial charge >= 0.3 is 0 Å². The average molecular weight is 1340 g/mol. The van der Waals surface area contributed by atoms with Crippen molar-refractivity contribution in [3.8, 4) is 0 Å². The van der Waals surface area contributed by atoms with E-state index in [4.69, 9.17) is 9.98 Å². The number of likely N-dealkylation sites (N-methyl/N-ethyl adjacent to an activating group) is 2. The van der Waals surface area contributed by atoms with Crippen LogP contribution < -0.4 is 14.7 Å². The average Bonchev–Trinajstić information content (AvgIpc) is 1.67. The first-order chi connectivity index (χ1) is 47.5. The van der Waals surface area contributed by atoms with Crippen LogP contribution in [0.3, 0.4) is 0 Å². The van der Waals surface area contributed by atoms with Crippen LogP contribution in [0.5, 0.6) is 0 Å². The molecule has 7 aromatic carbocycles. The molecule has 12 rings (SSSR count). The van der Waals surface area contributed by atoms with Crippen LogP contribution in [-0.2, 0) is 19.3 Å². The van der Waals surface area contributed by atoms with Gasteiger partial charge in [-0.2, -0.15) is 0 Å². The Morgan fingerprint density at radius 3 is 1.12 bits per heavy atom. The summed E-state index contributed by atoms with van der Waals surface area (Å²) in [7, 11) is 14.5. The van der Waals surface area contributed by atoms with Gasteiger partial charge < -0.3 is 14.7 Å². The van der Waals surface area contributed by atoms with E-state index in [-0.39, 0.29) is 14.9 Å². The number of fused-ring (bicyclic) bond motifs is 3. The summed E-state index contributed by atoms with van der Waals surface area (Å²) in [4.78, 5) is 31.9. The number of allylic oxidation sites excluding steroid dienone is 9. The zero-order chi connectivity index (χ0) is 72.7. The lowest BCUT2D eigenvalue weighted by molar-refractivity contribution is 0.390. The Labute approximate surface area is 605 Å². The number of hydrogen-bond acceptors (Lipinski definition) is 9. The summed E-state index contributed by atoms with van der Waals surface area (Å²) in [5.74, 6) is 0. The minimum Gasteiger partial charge on any atom is -0.378 e. The summed E-state index contributed by atoms with van der Waals surface area (Å²) in [5.41, 5.74) is 23.2. The largest absolute Gasteiger partial charge is 0.378 e. The molecule has 5 aliphatic rings. The van der Waals surface area contributed by atoms with Gasteiger partial charge in [0, 0.05) is 102 Å². The zero-order valence-corrected chi connectivity index (χ0v) is 64.2. The quantitative estimate of drug-likeness (QED) is 0.128. The lowest BCUT2D eigenvalue weighted by Crippen LogP contribution is -2.24. The Hall–Kier alpha value is -9.31. The number of nitrogens with zero attached hydrogens (tertiary/aromatic N) is 9. The van der Waals surface area contributed by atoms with Crippen LogP contribution in [0.1, 0.15) is 178 Å². The smallest absolute Gasteiger partial charge is 0.0669 e. The second-order valence-corrected chi connectivity index (χ2v) is 20.6. The third kappa shape index (κ3) is 29.4. The second kappa shape index (κ2) is 53.7. The van der Waals surface area contributed by atoms with Gasteiger partial charge in [-0.1, -0.05) is 279 Å². The van der Waals surface area contributed by atoms with Gasteiger partial charge in [-0.05, 0) is 143 Å². The van der Waals surface area contributed by atoms with E-state index in [1.54, 1.807) is 0 Å². The van der Waals surface area contributed by atoms with Gasteiger partial charge in [0.15, 0.2) is 0 Å². The van der Waals surface area contributed by atoms with Crippen molar-refractivity contribution in [3.63, 3.8) is 0 Å². The lowest BCUT2D eigenvalue weighted by atomic mass is 10.0. The summed E-state index contributed by atoms with van der Waals surface area (Å²) >= 11 is 0. The van der Waals surface area contributed by atoms with Gasteiger partial charge in [0.1, 0.15) is 0 Å². The number of rotatable bonds is 10. The SMILES string of the molecule is C.C.CC.CC.CC.CC.CC.CC.CC.CC.CC.CN(C)c1ccc(C=Nc2ccc(C3=Nc4ccccc4C3)cc2)cc1.CN(C)c1ccc(C=Nc2ccc(C3=Nc4ccccc4C3)cc2)cc1.CN1C(=C2C=CC(=NC=C3C=CC(N(C)C)C=C3)C=C2)Cc2ccccc21. The number of hydrogen-bond donors (Lipinski definition) is 0. The normalized spacial score (nSPS) is 13.0. The molecule has 9 nitrogen and oxygen atoms in total. The fourth-order valence-corrected chi connectivity index (χ4v) is 9.68. The number of anilines is 3. The molecule has 3 heterocycles. The highest BCUT2D eigenvalue weighted by Crippen LogP contribution is 2.36. The van der Waals surface area contributed by atoms with Gasteiger partial charge in [-0.25, -0.2) is 0 Å². The molecule has 0 unspecified atom stereocenters. The molecule has 9 heteroatoms. The molecule has 3 aliphatic heterocycles. The number of benzene rings is 7. The fraction of sp³-hybridized carbons (Fsp3) is 0.344. The van der Waals surface area contributed by atoms with Crippen molar-refractivity contribution < 1.29 is 0 Å². The van der Waals surface area contributed by atoms with Crippen molar-refractivity contribution in [2.75, 3.05) is 64.0 Å². The molecule has 99 heavy (non-hydrogen) atoms. The predicted octanol–water partition coefficient (Wildman–Crippen LogP) is 25.3. The lowest BCUT2D eigenvalue weighted by Gasteiger charge is -2.19. The van der Waals surface area contributed by atoms with E-state index in [2.05, 4.69) is 238 Å². The van der Waals surface area contributed by atoms with Gasteiger partial charge in [0.2, 0.25) is 0 Å². The molecule has 0 amide bonds. The maximum absolute atomic E-state index is 4.74. The summed E-state index contributed by atoms with van der Waals surface area (Å²) in [5, 5.41) is 0.